The van der Waals surface area contributed by atoms with Gasteiger partial charge in [0.15, 0.2) is 5.65 Å². The third-order valence-electron chi connectivity index (χ3n) is 4.77. The van der Waals surface area contributed by atoms with Gasteiger partial charge in [-0.05, 0) is 30.7 Å². The summed E-state index contributed by atoms with van der Waals surface area (Å²) in [5.41, 5.74) is 0.417. The first-order chi connectivity index (χ1) is 13.9. The molecule has 7 nitrogen and oxygen atoms in total. The summed E-state index contributed by atoms with van der Waals surface area (Å²) in [7, 11) is 1.44. The Morgan fingerprint density at radius 2 is 2.10 bits per heavy atom. The second kappa shape index (κ2) is 7.36. The summed E-state index contributed by atoms with van der Waals surface area (Å²) in [6.45, 7) is 0.984. The third-order valence-corrected chi connectivity index (χ3v) is 4.77. The lowest BCUT2D eigenvalue weighted by Crippen LogP contribution is -2.11. The van der Waals surface area contributed by atoms with Gasteiger partial charge in [0.1, 0.15) is 22.8 Å². The van der Waals surface area contributed by atoms with Gasteiger partial charge >= 0.3 is 6.18 Å². The molecule has 0 aliphatic carbocycles. The maximum atomic E-state index is 13.2. The van der Waals surface area contributed by atoms with Crippen molar-refractivity contribution in [1.82, 2.24) is 14.5 Å². The first-order valence-corrected chi connectivity index (χ1v) is 8.85. The van der Waals surface area contributed by atoms with Crippen molar-refractivity contribution in [2.45, 2.75) is 18.5 Å². The molecule has 1 aliphatic heterocycles. The Labute approximate surface area is 163 Å². The number of rotatable bonds is 5. The summed E-state index contributed by atoms with van der Waals surface area (Å²) in [4.78, 5) is 19.2. The van der Waals surface area contributed by atoms with Crippen molar-refractivity contribution < 1.29 is 27.4 Å². The van der Waals surface area contributed by atoms with Crippen LogP contribution in [0.25, 0.3) is 16.9 Å². The predicted octanol–water partition coefficient (Wildman–Crippen LogP) is 3.52. The van der Waals surface area contributed by atoms with Gasteiger partial charge in [0.05, 0.1) is 25.1 Å². The summed E-state index contributed by atoms with van der Waals surface area (Å²) in [6, 6.07) is 7.13. The summed E-state index contributed by atoms with van der Waals surface area (Å²) in [5.74, 6) is 0.858. The number of carbonyl (C=O) groups is 1. The second-order valence-electron chi connectivity index (χ2n) is 6.55. The lowest BCUT2D eigenvalue weighted by Gasteiger charge is -2.15. The van der Waals surface area contributed by atoms with Crippen LogP contribution in [0.15, 0.2) is 30.3 Å². The van der Waals surface area contributed by atoms with Crippen LogP contribution in [0.4, 0.5) is 18.9 Å². The average molecular weight is 406 g/mol. The standard InChI is InChI=1S/C19H17F3N4O3/c1-28-15-8-12(2-3-13(15)23-10-27)26-17(11-6-7-29-9-11)24-14-4-5-16(19(20,21)22)25-18(14)26/h2-5,8,10-11H,6-7,9H2,1H3,(H,23,27). The largest absolute Gasteiger partial charge is 0.494 e. The molecule has 1 saturated heterocycles. The molecule has 2 aromatic heterocycles. The monoisotopic (exact) mass is 406 g/mol. The number of methoxy groups -OCH3 is 1. The molecule has 0 saturated carbocycles. The van der Waals surface area contributed by atoms with Gasteiger partial charge in [0.25, 0.3) is 0 Å². The number of pyridine rings is 1. The van der Waals surface area contributed by atoms with Crippen LogP contribution in [0.1, 0.15) is 23.9 Å². The smallest absolute Gasteiger partial charge is 0.433 e. The van der Waals surface area contributed by atoms with E-state index in [1.807, 2.05) is 0 Å². The molecule has 3 heterocycles. The van der Waals surface area contributed by atoms with E-state index in [1.165, 1.54) is 13.2 Å². The number of ether oxygens (including phenoxy) is 2. The van der Waals surface area contributed by atoms with Crippen molar-refractivity contribution in [3.8, 4) is 11.4 Å². The molecule has 4 rings (SSSR count). The van der Waals surface area contributed by atoms with Gasteiger partial charge in [-0.2, -0.15) is 13.2 Å². The normalized spacial score (nSPS) is 16.9. The summed E-state index contributed by atoms with van der Waals surface area (Å²) >= 11 is 0. The van der Waals surface area contributed by atoms with Crippen LogP contribution < -0.4 is 10.1 Å². The number of fused-ring (bicyclic) bond motifs is 1. The second-order valence-corrected chi connectivity index (χ2v) is 6.55. The number of hydrogen-bond acceptors (Lipinski definition) is 5. The molecule has 0 bridgehead atoms. The van der Waals surface area contributed by atoms with Gasteiger partial charge in [-0.1, -0.05) is 0 Å². The number of amides is 1. The highest BCUT2D eigenvalue weighted by molar-refractivity contribution is 5.78. The minimum atomic E-state index is -4.57. The average Bonchev–Trinajstić information content (AvgIpc) is 3.35. The van der Waals surface area contributed by atoms with Gasteiger partial charge in [0.2, 0.25) is 6.41 Å². The molecule has 1 atom stereocenters. The number of nitrogens with one attached hydrogen (secondary N) is 1. The van der Waals surface area contributed by atoms with Gasteiger partial charge in [-0.15, -0.1) is 0 Å². The van der Waals surface area contributed by atoms with Crippen LogP contribution in [-0.4, -0.2) is 41.3 Å². The molecule has 1 aliphatic rings. The zero-order chi connectivity index (χ0) is 20.6. The maximum Gasteiger partial charge on any atom is 0.433 e. The number of nitrogens with zero attached hydrogens (tertiary/aromatic N) is 3. The molecule has 1 unspecified atom stereocenters. The number of hydrogen-bond donors (Lipinski definition) is 1. The van der Waals surface area contributed by atoms with Crippen molar-refractivity contribution in [3.05, 3.63) is 41.9 Å². The molecule has 3 aromatic rings. The van der Waals surface area contributed by atoms with E-state index in [0.29, 0.717) is 54.5 Å². The minimum absolute atomic E-state index is 0.0719. The first kappa shape index (κ1) is 19.2. The van der Waals surface area contributed by atoms with Crippen molar-refractivity contribution in [2.24, 2.45) is 0 Å². The van der Waals surface area contributed by atoms with Crippen molar-refractivity contribution in [1.29, 1.82) is 0 Å². The Hall–Kier alpha value is -3.14. The molecule has 1 aromatic carbocycles. The van der Waals surface area contributed by atoms with Crippen LogP contribution in [0.2, 0.25) is 0 Å². The van der Waals surface area contributed by atoms with Gasteiger partial charge in [-0.3, -0.25) is 9.36 Å². The van der Waals surface area contributed by atoms with Crippen LogP contribution in [-0.2, 0) is 15.7 Å². The van der Waals surface area contributed by atoms with Crippen LogP contribution in [0, 0.1) is 0 Å². The van der Waals surface area contributed by atoms with E-state index < -0.39 is 11.9 Å². The van der Waals surface area contributed by atoms with E-state index >= 15 is 0 Å². The Balaban J connectivity index is 1.95. The number of benzene rings is 1. The number of imidazole rings is 1. The SMILES string of the molecule is COc1cc(-n2c(C3CCOC3)nc3ccc(C(F)(F)F)nc32)ccc1NC=O. The van der Waals surface area contributed by atoms with Crippen LogP contribution >= 0.6 is 0 Å². The highest BCUT2D eigenvalue weighted by atomic mass is 19.4. The molecule has 29 heavy (non-hydrogen) atoms. The predicted molar refractivity (Wildman–Crippen MR) is 98.3 cm³/mol. The zero-order valence-corrected chi connectivity index (χ0v) is 15.4. The van der Waals surface area contributed by atoms with Gasteiger partial charge in [0, 0.05) is 18.6 Å². The lowest BCUT2D eigenvalue weighted by atomic mass is 10.1. The fourth-order valence-corrected chi connectivity index (χ4v) is 3.40. The van der Waals surface area contributed by atoms with E-state index in [9.17, 15) is 18.0 Å². The highest BCUT2D eigenvalue weighted by Crippen LogP contribution is 2.35. The highest BCUT2D eigenvalue weighted by Gasteiger charge is 2.34. The number of carbonyl (C=O) groups excluding carboxylic acids is 1. The Morgan fingerprint density at radius 3 is 2.76 bits per heavy atom. The van der Waals surface area contributed by atoms with Crippen LogP contribution in [0.3, 0.4) is 0 Å². The molecule has 10 heteroatoms. The Kier molecular flexibility index (Phi) is 4.87. The maximum absolute atomic E-state index is 13.2. The molecular weight excluding hydrogens is 389 g/mol. The molecular formula is C19H17F3N4O3. The lowest BCUT2D eigenvalue weighted by molar-refractivity contribution is -0.141. The van der Waals surface area contributed by atoms with Gasteiger partial charge < -0.3 is 14.8 Å². The topological polar surface area (TPSA) is 78.3 Å². The summed E-state index contributed by atoms with van der Waals surface area (Å²) < 4.78 is 52.1. The molecule has 152 valence electrons. The number of anilines is 1. The first-order valence-electron chi connectivity index (χ1n) is 8.85. The fourth-order valence-electron chi connectivity index (χ4n) is 3.40. The fraction of sp³-hybridized carbons (Fsp3) is 0.316. The molecule has 1 amide bonds. The molecule has 0 radical (unpaired) electrons. The Morgan fingerprint density at radius 1 is 1.28 bits per heavy atom. The van der Waals surface area contributed by atoms with Crippen molar-refractivity contribution in [3.63, 3.8) is 0 Å². The van der Waals surface area contributed by atoms with Crippen LogP contribution in [0.5, 0.6) is 5.75 Å². The van der Waals surface area contributed by atoms with E-state index in [1.54, 1.807) is 22.8 Å². The van der Waals surface area contributed by atoms with Crippen molar-refractivity contribution >= 4 is 23.3 Å². The zero-order valence-electron chi connectivity index (χ0n) is 15.4. The van der Waals surface area contributed by atoms with E-state index in [0.717, 1.165) is 6.07 Å². The molecule has 1 fully saturated rings. The third kappa shape index (κ3) is 3.51. The summed E-state index contributed by atoms with van der Waals surface area (Å²) in [5, 5.41) is 2.52. The number of alkyl halides is 3. The van der Waals surface area contributed by atoms with E-state index in [4.69, 9.17) is 9.47 Å². The number of aromatic nitrogens is 3. The quantitative estimate of drug-likeness (QED) is 0.656. The molecule has 0 spiro atoms. The van der Waals surface area contributed by atoms with E-state index in [-0.39, 0.29) is 11.6 Å². The molecule has 1 N–H and O–H groups in total. The Bertz CT molecular complexity index is 1060. The summed E-state index contributed by atoms with van der Waals surface area (Å²) in [6.07, 6.45) is -3.35. The minimum Gasteiger partial charge on any atom is -0.494 e. The van der Waals surface area contributed by atoms with Crippen molar-refractivity contribution in [2.75, 3.05) is 25.6 Å². The number of halogens is 3. The van der Waals surface area contributed by atoms with E-state index in [2.05, 4.69) is 15.3 Å². The van der Waals surface area contributed by atoms with Gasteiger partial charge in [-0.25, -0.2) is 9.97 Å².